The summed E-state index contributed by atoms with van der Waals surface area (Å²) < 4.78 is 19.0. The maximum absolute atomic E-state index is 13.2. The minimum atomic E-state index is -0.211. The number of nitrogens with one attached hydrogen (secondary N) is 1. The van der Waals surface area contributed by atoms with Crippen LogP contribution in [0.15, 0.2) is 28.7 Å². The van der Waals surface area contributed by atoms with E-state index in [9.17, 15) is 4.39 Å². The molecule has 2 nitrogen and oxygen atoms in total. The summed E-state index contributed by atoms with van der Waals surface area (Å²) in [6.45, 7) is 0. The fourth-order valence-electron chi connectivity index (χ4n) is 3.09. The molecule has 3 heteroatoms. The third-order valence-corrected chi connectivity index (χ3v) is 3.99. The molecule has 1 fully saturated rings. The van der Waals surface area contributed by atoms with Gasteiger partial charge >= 0.3 is 0 Å². The molecule has 1 aromatic carbocycles. The van der Waals surface area contributed by atoms with Crippen molar-refractivity contribution in [3.05, 3.63) is 35.8 Å². The van der Waals surface area contributed by atoms with Crippen LogP contribution in [-0.4, -0.2) is 7.05 Å². The van der Waals surface area contributed by atoms with E-state index in [2.05, 4.69) is 5.32 Å². The molecule has 0 radical (unpaired) electrons. The van der Waals surface area contributed by atoms with Crippen molar-refractivity contribution < 1.29 is 8.81 Å². The van der Waals surface area contributed by atoms with E-state index < -0.39 is 0 Å². The van der Waals surface area contributed by atoms with E-state index in [1.165, 1.54) is 37.8 Å². The zero-order valence-electron chi connectivity index (χ0n) is 10.6. The molecule has 1 aliphatic carbocycles. The minimum Gasteiger partial charge on any atom is -0.459 e. The predicted molar refractivity (Wildman–Crippen MR) is 69.9 cm³/mol. The van der Waals surface area contributed by atoms with Gasteiger partial charge < -0.3 is 9.73 Å². The van der Waals surface area contributed by atoms with Gasteiger partial charge in [-0.3, -0.25) is 0 Å². The van der Waals surface area contributed by atoms with Gasteiger partial charge in [-0.15, -0.1) is 0 Å². The lowest BCUT2D eigenvalue weighted by Crippen LogP contribution is -2.22. The zero-order chi connectivity index (χ0) is 12.5. The first kappa shape index (κ1) is 11.7. The average Bonchev–Trinajstić information content (AvgIpc) is 2.98. The SMILES string of the molecule is CNC(c1cc2cc(F)ccc2o1)C1CCCC1. The molecule has 0 saturated heterocycles. The van der Waals surface area contributed by atoms with Crippen molar-refractivity contribution in [2.45, 2.75) is 31.7 Å². The lowest BCUT2D eigenvalue weighted by molar-refractivity contribution is 0.336. The lowest BCUT2D eigenvalue weighted by Gasteiger charge is -2.20. The quantitative estimate of drug-likeness (QED) is 0.886. The van der Waals surface area contributed by atoms with E-state index in [4.69, 9.17) is 4.42 Å². The molecular formula is C15H18FNO. The highest BCUT2D eigenvalue weighted by Crippen LogP contribution is 2.37. The Hall–Kier alpha value is -1.35. The third-order valence-electron chi connectivity index (χ3n) is 3.99. The Bertz CT molecular complexity index is 542. The van der Waals surface area contributed by atoms with Crippen LogP contribution in [0, 0.1) is 11.7 Å². The summed E-state index contributed by atoms with van der Waals surface area (Å²) in [7, 11) is 1.97. The summed E-state index contributed by atoms with van der Waals surface area (Å²) in [5, 5.41) is 4.20. The van der Waals surface area contributed by atoms with Gasteiger partial charge in [0.1, 0.15) is 17.2 Å². The van der Waals surface area contributed by atoms with Crippen LogP contribution < -0.4 is 5.32 Å². The minimum absolute atomic E-state index is 0.211. The number of hydrogen-bond acceptors (Lipinski definition) is 2. The van der Waals surface area contributed by atoms with Crippen LogP contribution >= 0.6 is 0 Å². The van der Waals surface area contributed by atoms with Gasteiger partial charge in [-0.25, -0.2) is 4.39 Å². The monoisotopic (exact) mass is 247 g/mol. The van der Waals surface area contributed by atoms with Crippen LogP contribution in [0.2, 0.25) is 0 Å². The highest BCUT2D eigenvalue weighted by Gasteiger charge is 2.27. The highest BCUT2D eigenvalue weighted by atomic mass is 19.1. The second kappa shape index (κ2) is 4.73. The molecule has 0 spiro atoms. The zero-order valence-corrected chi connectivity index (χ0v) is 10.6. The summed E-state index contributed by atoms with van der Waals surface area (Å²) in [5.41, 5.74) is 0.768. The number of benzene rings is 1. The van der Waals surface area contributed by atoms with E-state index in [-0.39, 0.29) is 11.9 Å². The van der Waals surface area contributed by atoms with E-state index >= 15 is 0 Å². The second-order valence-corrected chi connectivity index (χ2v) is 5.14. The van der Waals surface area contributed by atoms with Gasteiger partial charge in [0.05, 0.1) is 6.04 Å². The fraction of sp³-hybridized carbons (Fsp3) is 0.467. The fourth-order valence-corrected chi connectivity index (χ4v) is 3.09. The Labute approximate surface area is 106 Å². The molecule has 1 N–H and O–H groups in total. The standard InChI is InChI=1S/C15H18FNO/c1-17-15(10-4-2-3-5-10)14-9-11-8-12(16)6-7-13(11)18-14/h6-10,15,17H,2-5H2,1H3. The van der Waals surface area contributed by atoms with Gasteiger partial charge in [-0.1, -0.05) is 12.8 Å². The Morgan fingerprint density at radius 2 is 2.06 bits per heavy atom. The largest absolute Gasteiger partial charge is 0.459 e. The lowest BCUT2D eigenvalue weighted by atomic mass is 9.96. The second-order valence-electron chi connectivity index (χ2n) is 5.14. The third kappa shape index (κ3) is 2.03. The molecule has 0 bridgehead atoms. The molecule has 96 valence electrons. The van der Waals surface area contributed by atoms with Crippen molar-refractivity contribution in [2.75, 3.05) is 7.05 Å². The number of rotatable bonds is 3. The Balaban J connectivity index is 1.96. The van der Waals surface area contributed by atoms with Crippen molar-refractivity contribution in [3.8, 4) is 0 Å². The summed E-state index contributed by atoms with van der Waals surface area (Å²) in [5.74, 6) is 1.36. The van der Waals surface area contributed by atoms with Gasteiger partial charge in [0.25, 0.3) is 0 Å². The normalized spacial score (nSPS) is 18.6. The maximum atomic E-state index is 13.2. The van der Waals surface area contributed by atoms with Crippen LogP contribution in [0.1, 0.15) is 37.5 Å². The molecule has 2 aromatic rings. The van der Waals surface area contributed by atoms with Gasteiger partial charge in [-0.2, -0.15) is 0 Å². The molecule has 1 heterocycles. The molecular weight excluding hydrogens is 229 g/mol. The van der Waals surface area contributed by atoms with E-state index in [0.29, 0.717) is 5.92 Å². The first-order valence-electron chi connectivity index (χ1n) is 6.64. The summed E-state index contributed by atoms with van der Waals surface area (Å²) in [6, 6.07) is 6.90. The number of hydrogen-bond donors (Lipinski definition) is 1. The summed E-state index contributed by atoms with van der Waals surface area (Å²) in [4.78, 5) is 0. The summed E-state index contributed by atoms with van der Waals surface area (Å²) >= 11 is 0. The van der Waals surface area contributed by atoms with E-state index in [0.717, 1.165) is 16.7 Å². The smallest absolute Gasteiger partial charge is 0.134 e. The van der Waals surface area contributed by atoms with Crippen LogP contribution in [0.4, 0.5) is 4.39 Å². The first-order chi connectivity index (χ1) is 8.78. The molecule has 1 aliphatic rings. The van der Waals surface area contributed by atoms with Gasteiger partial charge in [0.15, 0.2) is 0 Å². The van der Waals surface area contributed by atoms with Gasteiger partial charge in [0, 0.05) is 5.39 Å². The van der Waals surface area contributed by atoms with Crippen LogP contribution in [0.5, 0.6) is 0 Å². The van der Waals surface area contributed by atoms with Crippen molar-refractivity contribution in [1.29, 1.82) is 0 Å². The summed E-state index contributed by atoms with van der Waals surface area (Å²) in [6.07, 6.45) is 5.10. The molecule has 18 heavy (non-hydrogen) atoms. The van der Waals surface area contributed by atoms with Crippen molar-refractivity contribution in [1.82, 2.24) is 5.32 Å². The Kier molecular flexibility index (Phi) is 3.08. The van der Waals surface area contributed by atoms with Crippen LogP contribution in [0.3, 0.4) is 0 Å². The van der Waals surface area contributed by atoms with Crippen molar-refractivity contribution >= 4 is 11.0 Å². The Morgan fingerprint density at radius 3 is 2.78 bits per heavy atom. The number of furan rings is 1. The average molecular weight is 247 g/mol. The molecule has 1 unspecified atom stereocenters. The van der Waals surface area contributed by atoms with Gasteiger partial charge in [-0.05, 0) is 50.1 Å². The van der Waals surface area contributed by atoms with Crippen LogP contribution in [-0.2, 0) is 0 Å². The van der Waals surface area contributed by atoms with Crippen molar-refractivity contribution in [3.63, 3.8) is 0 Å². The van der Waals surface area contributed by atoms with Crippen molar-refractivity contribution in [2.24, 2.45) is 5.92 Å². The number of halogens is 1. The van der Waals surface area contributed by atoms with E-state index in [1.807, 2.05) is 13.1 Å². The number of fused-ring (bicyclic) bond motifs is 1. The van der Waals surface area contributed by atoms with E-state index in [1.54, 1.807) is 6.07 Å². The molecule has 3 rings (SSSR count). The highest BCUT2D eigenvalue weighted by molar-refractivity contribution is 5.78. The molecule has 1 saturated carbocycles. The molecule has 0 amide bonds. The maximum Gasteiger partial charge on any atom is 0.134 e. The predicted octanol–water partition coefficient (Wildman–Crippen LogP) is 4.02. The van der Waals surface area contributed by atoms with Crippen LogP contribution in [0.25, 0.3) is 11.0 Å². The molecule has 0 aliphatic heterocycles. The Morgan fingerprint density at radius 1 is 1.28 bits per heavy atom. The topological polar surface area (TPSA) is 25.2 Å². The van der Waals surface area contributed by atoms with Gasteiger partial charge in [0.2, 0.25) is 0 Å². The first-order valence-corrected chi connectivity index (χ1v) is 6.64. The molecule has 1 aromatic heterocycles. The molecule has 1 atom stereocenters.